The Balaban J connectivity index is 2.20. The fourth-order valence-electron chi connectivity index (χ4n) is 1.46. The molecule has 0 radical (unpaired) electrons. The number of thiophene rings is 1. The highest BCUT2D eigenvalue weighted by atomic mass is 35.5. The number of pyridine rings is 1. The monoisotopic (exact) mass is 266 g/mol. The molecule has 0 spiro atoms. The van der Waals surface area contributed by atoms with Gasteiger partial charge in [0.25, 0.3) is 5.91 Å². The summed E-state index contributed by atoms with van der Waals surface area (Å²) in [7, 11) is 0. The average Bonchev–Trinajstić information content (AvgIpc) is 2.80. The van der Waals surface area contributed by atoms with Crippen LogP contribution in [0.3, 0.4) is 0 Å². The quantitative estimate of drug-likeness (QED) is 0.922. The van der Waals surface area contributed by atoms with E-state index in [1.165, 1.54) is 11.3 Å². The van der Waals surface area contributed by atoms with Crippen LogP contribution in [0.1, 0.15) is 22.2 Å². The van der Waals surface area contributed by atoms with Gasteiger partial charge in [0.1, 0.15) is 0 Å². The summed E-state index contributed by atoms with van der Waals surface area (Å²) >= 11 is 7.35. The number of rotatable bonds is 3. The summed E-state index contributed by atoms with van der Waals surface area (Å²) in [5.41, 5.74) is 1.04. The Morgan fingerprint density at radius 2 is 2.35 bits per heavy atom. The van der Waals surface area contributed by atoms with Crippen LogP contribution in [0.15, 0.2) is 29.8 Å². The number of hydrogen-bond donors (Lipinski definition) is 1. The van der Waals surface area contributed by atoms with Gasteiger partial charge in [-0.3, -0.25) is 4.79 Å². The molecular formula is C12H11ClN2OS. The Kier molecular flexibility index (Phi) is 3.76. The van der Waals surface area contributed by atoms with Gasteiger partial charge in [-0.2, -0.15) is 0 Å². The summed E-state index contributed by atoms with van der Waals surface area (Å²) in [6.45, 7) is 2.02. The molecule has 2 heterocycles. The Morgan fingerprint density at radius 1 is 1.53 bits per heavy atom. The molecule has 0 aliphatic carbocycles. The molecular weight excluding hydrogens is 256 g/mol. The van der Waals surface area contributed by atoms with E-state index >= 15 is 0 Å². The molecule has 2 aromatic rings. The molecule has 0 fully saturated rings. The van der Waals surface area contributed by atoms with Gasteiger partial charge in [-0.1, -0.05) is 18.5 Å². The van der Waals surface area contributed by atoms with E-state index in [1.54, 1.807) is 18.3 Å². The fourth-order valence-corrected chi connectivity index (χ4v) is 2.51. The van der Waals surface area contributed by atoms with Crippen LogP contribution in [0, 0.1) is 0 Å². The SMILES string of the molecule is CCc1ccsc1C(=O)Nc1ncccc1Cl. The number of nitrogens with one attached hydrogen (secondary N) is 1. The number of halogens is 1. The van der Waals surface area contributed by atoms with Crippen molar-refractivity contribution < 1.29 is 4.79 Å². The van der Waals surface area contributed by atoms with Crippen LogP contribution in [0.25, 0.3) is 0 Å². The second kappa shape index (κ2) is 5.29. The number of carbonyl (C=O) groups is 1. The predicted octanol–water partition coefficient (Wildman–Crippen LogP) is 3.61. The van der Waals surface area contributed by atoms with E-state index in [1.807, 2.05) is 18.4 Å². The summed E-state index contributed by atoms with van der Waals surface area (Å²) < 4.78 is 0. The van der Waals surface area contributed by atoms with Crippen molar-refractivity contribution in [3.05, 3.63) is 45.2 Å². The smallest absolute Gasteiger partial charge is 0.267 e. The molecule has 88 valence electrons. The molecule has 0 saturated heterocycles. The maximum absolute atomic E-state index is 12.0. The molecule has 0 atom stereocenters. The van der Waals surface area contributed by atoms with Gasteiger partial charge in [0.15, 0.2) is 5.82 Å². The van der Waals surface area contributed by atoms with Crippen molar-refractivity contribution in [1.82, 2.24) is 4.98 Å². The van der Waals surface area contributed by atoms with Crippen molar-refractivity contribution in [3.8, 4) is 0 Å². The van der Waals surface area contributed by atoms with E-state index in [0.717, 1.165) is 12.0 Å². The summed E-state index contributed by atoms with van der Waals surface area (Å²) in [6, 6.07) is 5.37. The number of aryl methyl sites for hydroxylation is 1. The lowest BCUT2D eigenvalue weighted by Crippen LogP contribution is -2.13. The van der Waals surface area contributed by atoms with E-state index in [-0.39, 0.29) is 5.91 Å². The Morgan fingerprint density at radius 3 is 3.06 bits per heavy atom. The van der Waals surface area contributed by atoms with Crippen LogP contribution in [0.5, 0.6) is 0 Å². The fraction of sp³-hybridized carbons (Fsp3) is 0.167. The highest BCUT2D eigenvalue weighted by Crippen LogP contribution is 2.22. The maximum atomic E-state index is 12.0. The van der Waals surface area contributed by atoms with Crippen molar-refractivity contribution in [2.24, 2.45) is 0 Å². The summed E-state index contributed by atoms with van der Waals surface area (Å²) in [5, 5.41) is 5.07. The number of hydrogen-bond acceptors (Lipinski definition) is 3. The zero-order valence-electron chi connectivity index (χ0n) is 9.24. The number of aromatic nitrogens is 1. The molecule has 5 heteroatoms. The van der Waals surface area contributed by atoms with Gasteiger partial charge < -0.3 is 5.32 Å². The van der Waals surface area contributed by atoms with Gasteiger partial charge in [-0.15, -0.1) is 11.3 Å². The van der Waals surface area contributed by atoms with Crippen LogP contribution in [-0.4, -0.2) is 10.9 Å². The molecule has 0 unspecified atom stereocenters. The number of carbonyl (C=O) groups excluding carboxylic acids is 1. The lowest BCUT2D eigenvalue weighted by Gasteiger charge is -2.05. The average molecular weight is 267 g/mol. The topological polar surface area (TPSA) is 42.0 Å². The van der Waals surface area contributed by atoms with Crippen LogP contribution in [0.2, 0.25) is 5.02 Å². The van der Waals surface area contributed by atoms with Gasteiger partial charge >= 0.3 is 0 Å². The van der Waals surface area contributed by atoms with Gasteiger partial charge in [0, 0.05) is 6.20 Å². The van der Waals surface area contributed by atoms with Crippen LogP contribution >= 0.6 is 22.9 Å². The van der Waals surface area contributed by atoms with Gasteiger partial charge in [-0.25, -0.2) is 4.98 Å². The first-order valence-electron chi connectivity index (χ1n) is 5.20. The predicted molar refractivity (Wildman–Crippen MR) is 70.9 cm³/mol. The van der Waals surface area contributed by atoms with Gasteiger partial charge in [0.05, 0.1) is 9.90 Å². The van der Waals surface area contributed by atoms with Crippen molar-refractivity contribution in [1.29, 1.82) is 0 Å². The molecule has 2 aromatic heterocycles. The molecule has 0 bridgehead atoms. The zero-order chi connectivity index (χ0) is 12.3. The molecule has 0 aromatic carbocycles. The van der Waals surface area contributed by atoms with E-state index < -0.39 is 0 Å². The van der Waals surface area contributed by atoms with E-state index in [4.69, 9.17) is 11.6 Å². The summed E-state index contributed by atoms with van der Waals surface area (Å²) in [4.78, 5) is 16.7. The third-order valence-electron chi connectivity index (χ3n) is 2.32. The van der Waals surface area contributed by atoms with Crippen LogP contribution in [0.4, 0.5) is 5.82 Å². The largest absolute Gasteiger partial charge is 0.305 e. The summed E-state index contributed by atoms with van der Waals surface area (Å²) in [5.74, 6) is 0.243. The highest BCUT2D eigenvalue weighted by molar-refractivity contribution is 7.12. The zero-order valence-corrected chi connectivity index (χ0v) is 10.8. The molecule has 17 heavy (non-hydrogen) atoms. The van der Waals surface area contributed by atoms with E-state index in [2.05, 4.69) is 10.3 Å². The van der Waals surface area contributed by atoms with Crippen LogP contribution < -0.4 is 5.32 Å². The Hall–Kier alpha value is -1.39. The third-order valence-corrected chi connectivity index (χ3v) is 3.58. The Labute approximate surface area is 108 Å². The third kappa shape index (κ3) is 2.65. The molecule has 0 aliphatic heterocycles. The van der Waals surface area contributed by atoms with Crippen LogP contribution in [-0.2, 0) is 6.42 Å². The standard InChI is InChI=1S/C12H11ClN2OS/c1-2-8-5-7-17-10(8)12(16)15-11-9(13)4-3-6-14-11/h3-7H,2H2,1H3,(H,14,15,16). The van der Waals surface area contributed by atoms with Crippen molar-refractivity contribution in [2.45, 2.75) is 13.3 Å². The minimum absolute atomic E-state index is 0.155. The second-order valence-corrected chi connectivity index (χ2v) is 4.74. The number of anilines is 1. The molecule has 2 rings (SSSR count). The van der Waals surface area contributed by atoms with Gasteiger partial charge in [-0.05, 0) is 35.6 Å². The minimum Gasteiger partial charge on any atom is -0.305 e. The lowest BCUT2D eigenvalue weighted by atomic mass is 10.2. The highest BCUT2D eigenvalue weighted by Gasteiger charge is 2.13. The second-order valence-electron chi connectivity index (χ2n) is 3.42. The van der Waals surface area contributed by atoms with Gasteiger partial charge in [0.2, 0.25) is 0 Å². The maximum Gasteiger partial charge on any atom is 0.267 e. The molecule has 1 N–H and O–H groups in total. The number of nitrogens with zero attached hydrogens (tertiary/aromatic N) is 1. The van der Waals surface area contributed by atoms with E-state index in [0.29, 0.717) is 15.7 Å². The molecule has 0 aliphatic rings. The first kappa shape index (κ1) is 12.1. The normalized spacial score (nSPS) is 10.2. The minimum atomic E-state index is -0.155. The van der Waals surface area contributed by atoms with Crippen molar-refractivity contribution >= 4 is 34.7 Å². The number of amides is 1. The van der Waals surface area contributed by atoms with E-state index in [9.17, 15) is 4.79 Å². The molecule has 1 amide bonds. The molecule has 3 nitrogen and oxygen atoms in total. The Bertz CT molecular complexity index is 539. The molecule has 0 saturated carbocycles. The van der Waals surface area contributed by atoms with Crippen molar-refractivity contribution in [2.75, 3.05) is 5.32 Å². The first-order valence-corrected chi connectivity index (χ1v) is 6.46. The lowest BCUT2D eigenvalue weighted by molar-refractivity contribution is 0.102. The first-order chi connectivity index (χ1) is 8.22. The van der Waals surface area contributed by atoms with Crippen molar-refractivity contribution in [3.63, 3.8) is 0 Å². The summed E-state index contributed by atoms with van der Waals surface area (Å²) in [6.07, 6.45) is 2.43.